The Balaban J connectivity index is 2.05. The Morgan fingerprint density at radius 2 is 1.63 bits per heavy atom. The first-order valence-electron chi connectivity index (χ1n) is 8.51. The molecule has 0 saturated heterocycles. The molecule has 7 heteroatoms. The van der Waals surface area contributed by atoms with E-state index >= 15 is 0 Å². The lowest BCUT2D eigenvalue weighted by molar-refractivity contribution is -0.128. The number of methoxy groups -OCH3 is 3. The molecule has 0 fully saturated rings. The second-order valence-corrected chi connectivity index (χ2v) is 5.72. The number of carbonyl (C=O) groups is 1. The van der Waals surface area contributed by atoms with Gasteiger partial charge in [0, 0.05) is 6.54 Å². The van der Waals surface area contributed by atoms with Crippen LogP contribution in [0.25, 0.3) is 0 Å². The Hall–Kier alpha value is -2.96. The third-order valence-electron chi connectivity index (χ3n) is 3.95. The summed E-state index contributed by atoms with van der Waals surface area (Å²) < 4.78 is 34.5. The van der Waals surface area contributed by atoms with E-state index in [1.54, 1.807) is 12.1 Å². The maximum Gasteiger partial charge on any atom is 0.261 e. The average molecular weight is 377 g/mol. The lowest BCUT2D eigenvalue weighted by Crippen LogP contribution is -2.37. The van der Waals surface area contributed by atoms with E-state index in [9.17, 15) is 9.18 Å². The van der Waals surface area contributed by atoms with Crippen molar-refractivity contribution in [1.82, 2.24) is 5.32 Å². The van der Waals surface area contributed by atoms with Crippen molar-refractivity contribution in [3.63, 3.8) is 0 Å². The van der Waals surface area contributed by atoms with Crippen LogP contribution in [0.4, 0.5) is 4.39 Å². The van der Waals surface area contributed by atoms with Crippen molar-refractivity contribution in [2.75, 3.05) is 21.3 Å². The molecule has 0 aromatic heterocycles. The van der Waals surface area contributed by atoms with Gasteiger partial charge in [-0.1, -0.05) is 6.92 Å². The van der Waals surface area contributed by atoms with Gasteiger partial charge in [0.25, 0.3) is 5.91 Å². The fourth-order valence-corrected chi connectivity index (χ4v) is 2.54. The third-order valence-corrected chi connectivity index (χ3v) is 3.95. The second kappa shape index (κ2) is 9.66. The third kappa shape index (κ3) is 5.26. The average Bonchev–Trinajstić information content (AvgIpc) is 2.70. The van der Waals surface area contributed by atoms with Gasteiger partial charge in [-0.2, -0.15) is 0 Å². The minimum atomic E-state index is -0.683. The van der Waals surface area contributed by atoms with Gasteiger partial charge in [-0.05, 0) is 48.4 Å². The van der Waals surface area contributed by atoms with Gasteiger partial charge in [-0.3, -0.25) is 4.79 Å². The van der Waals surface area contributed by atoms with E-state index in [1.807, 2.05) is 6.92 Å². The summed E-state index contributed by atoms with van der Waals surface area (Å²) in [6.07, 6.45) is -0.212. The van der Waals surface area contributed by atoms with Gasteiger partial charge in [0.15, 0.2) is 17.6 Å². The molecule has 0 bridgehead atoms. The SMILES string of the molecule is CC[C@@H](Oc1ccc(F)cc1)C(=O)NCc1cc(OC)c(OC)c(OC)c1. The molecule has 0 aliphatic rings. The molecule has 0 heterocycles. The van der Waals surface area contributed by atoms with E-state index in [2.05, 4.69) is 5.32 Å². The molecule has 1 amide bonds. The number of benzene rings is 2. The largest absolute Gasteiger partial charge is 0.493 e. The molecule has 0 unspecified atom stereocenters. The topological polar surface area (TPSA) is 66.0 Å². The zero-order valence-electron chi connectivity index (χ0n) is 15.9. The molecular weight excluding hydrogens is 353 g/mol. The van der Waals surface area contributed by atoms with Gasteiger partial charge in [0.2, 0.25) is 5.75 Å². The van der Waals surface area contributed by atoms with Gasteiger partial charge >= 0.3 is 0 Å². The number of nitrogens with one attached hydrogen (secondary N) is 1. The smallest absolute Gasteiger partial charge is 0.261 e. The van der Waals surface area contributed by atoms with Gasteiger partial charge in [-0.15, -0.1) is 0 Å². The summed E-state index contributed by atoms with van der Waals surface area (Å²) in [5.74, 6) is 1.32. The van der Waals surface area contributed by atoms with Gasteiger partial charge in [-0.25, -0.2) is 4.39 Å². The van der Waals surface area contributed by atoms with Crippen molar-refractivity contribution in [2.24, 2.45) is 0 Å². The fourth-order valence-electron chi connectivity index (χ4n) is 2.54. The number of ether oxygens (including phenoxy) is 4. The first-order valence-corrected chi connectivity index (χ1v) is 8.51. The van der Waals surface area contributed by atoms with Crippen LogP contribution in [0.5, 0.6) is 23.0 Å². The number of hydrogen-bond acceptors (Lipinski definition) is 5. The molecule has 2 aromatic rings. The number of rotatable bonds is 9. The fraction of sp³-hybridized carbons (Fsp3) is 0.350. The van der Waals surface area contributed by atoms with E-state index < -0.39 is 6.10 Å². The van der Waals surface area contributed by atoms with Crippen LogP contribution in [0.15, 0.2) is 36.4 Å². The van der Waals surface area contributed by atoms with Crippen molar-refractivity contribution in [1.29, 1.82) is 0 Å². The van der Waals surface area contributed by atoms with E-state index in [1.165, 1.54) is 45.6 Å². The van der Waals surface area contributed by atoms with E-state index in [4.69, 9.17) is 18.9 Å². The highest BCUT2D eigenvalue weighted by Crippen LogP contribution is 2.38. The van der Waals surface area contributed by atoms with Crippen molar-refractivity contribution >= 4 is 5.91 Å². The summed E-state index contributed by atoms with van der Waals surface area (Å²) in [7, 11) is 4.59. The molecule has 2 rings (SSSR count). The Bertz CT molecular complexity index is 738. The lowest BCUT2D eigenvalue weighted by Gasteiger charge is -2.18. The van der Waals surface area contributed by atoms with Crippen molar-refractivity contribution < 1.29 is 28.1 Å². The van der Waals surface area contributed by atoms with Crippen molar-refractivity contribution in [3.05, 3.63) is 47.8 Å². The zero-order valence-corrected chi connectivity index (χ0v) is 15.9. The van der Waals surface area contributed by atoms with Crippen LogP contribution in [0, 0.1) is 5.82 Å². The molecule has 0 saturated carbocycles. The molecule has 1 atom stereocenters. The van der Waals surface area contributed by atoms with Gasteiger partial charge < -0.3 is 24.3 Å². The van der Waals surface area contributed by atoms with E-state index in [-0.39, 0.29) is 18.3 Å². The quantitative estimate of drug-likeness (QED) is 0.726. The highest BCUT2D eigenvalue weighted by molar-refractivity contribution is 5.81. The Labute approximate surface area is 158 Å². The summed E-state index contributed by atoms with van der Waals surface area (Å²) in [6.45, 7) is 2.10. The minimum Gasteiger partial charge on any atom is -0.493 e. The first-order chi connectivity index (χ1) is 13.0. The van der Waals surface area contributed by atoms with Crippen LogP contribution in [-0.4, -0.2) is 33.3 Å². The number of halogens is 1. The Kier molecular flexibility index (Phi) is 7.28. The molecule has 27 heavy (non-hydrogen) atoms. The second-order valence-electron chi connectivity index (χ2n) is 5.72. The zero-order chi connectivity index (χ0) is 19.8. The summed E-state index contributed by atoms with van der Waals surface area (Å²) in [6, 6.07) is 9.09. The molecule has 6 nitrogen and oxygen atoms in total. The van der Waals surface area contributed by atoms with Crippen LogP contribution in [0.3, 0.4) is 0 Å². The Morgan fingerprint density at radius 3 is 2.11 bits per heavy atom. The number of hydrogen-bond donors (Lipinski definition) is 1. The standard InChI is InChI=1S/C20H24FNO5/c1-5-16(27-15-8-6-14(21)7-9-15)20(23)22-12-13-10-17(24-2)19(26-4)18(11-13)25-3/h6-11,16H,5,12H2,1-4H3,(H,22,23)/t16-/m1/s1. The highest BCUT2D eigenvalue weighted by Gasteiger charge is 2.19. The van der Waals surface area contributed by atoms with Crippen LogP contribution in [0.1, 0.15) is 18.9 Å². The van der Waals surface area contributed by atoms with Crippen molar-refractivity contribution in [3.8, 4) is 23.0 Å². The molecule has 0 spiro atoms. The van der Waals surface area contributed by atoms with Crippen LogP contribution in [0.2, 0.25) is 0 Å². The summed E-state index contributed by atoms with van der Waals surface area (Å²) in [4.78, 5) is 12.5. The molecular formula is C20H24FNO5. The van der Waals surface area contributed by atoms with Crippen LogP contribution >= 0.6 is 0 Å². The molecule has 2 aromatic carbocycles. The maximum absolute atomic E-state index is 13.0. The van der Waals surface area contributed by atoms with Gasteiger partial charge in [0.05, 0.1) is 21.3 Å². The minimum absolute atomic E-state index is 0.263. The van der Waals surface area contributed by atoms with Crippen LogP contribution < -0.4 is 24.3 Å². The summed E-state index contributed by atoms with van der Waals surface area (Å²) in [5.41, 5.74) is 0.787. The highest BCUT2D eigenvalue weighted by atomic mass is 19.1. The predicted octanol–water partition coefficient (Wildman–Crippen LogP) is 3.33. The molecule has 0 aliphatic heterocycles. The lowest BCUT2D eigenvalue weighted by atomic mass is 10.1. The molecule has 1 N–H and O–H groups in total. The van der Waals surface area contributed by atoms with Crippen molar-refractivity contribution in [2.45, 2.75) is 26.0 Å². The summed E-state index contributed by atoms with van der Waals surface area (Å²) in [5, 5.41) is 2.83. The molecule has 146 valence electrons. The van der Waals surface area contributed by atoms with E-state index in [0.29, 0.717) is 29.4 Å². The first kappa shape index (κ1) is 20.4. The molecule has 0 radical (unpaired) electrons. The summed E-state index contributed by atoms with van der Waals surface area (Å²) >= 11 is 0. The van der Waals surface area contributed by atoms with Crippen LogP contribution in [-0.2, 0) is 11.3 Å². The molecule has 0 aliphatic carbocycles. The Morgan fingerprint density at radius 1 is 1.04 bits per heavy atom. The van der Waals surface area contributed by atoms with E-state index in [0.717, 1.165) is 5.56 Å². The number of carbonyl (C=O) groups excluding carboxylic acids is 1. The normalized spacial score (nSPS) is 11.4. The maximum atomic E-state index is 13.0. The van der Waals surface area contributed by atoms with Gasteiger partial charge in [0.1, 0.15) is 11.6 Å². The predicted molar refractivity (Wildman–Crippen MR) is 99.1 cm³/mol. The number of amides is 1. The monoisotopic (exact) mass is 377 g/mol.